The van der Waals surface area contributed by atoms with Crippen LogP contribution in [0.1, 0.15) is 38.2 Å². The smallest absolute Gasteiger partial charge is 0.222 e. The van der Waals surface area contributed by atoms with Crippen molar-refractivity contribution < 1.29 is 19.0 Å². The lowest BCUT2D eigenvalue weighted by Crippen LogP contribution is -2.31. The normalized spacial score (nSPS) is 18.9. The molecule has 0 bridgehead atoms. The van der Waals surface area contributed by atoms with Crippen molar-refractivity contribution in [1.82, 2.24) is 4.90 Å². The van der Waals surface area contributed by atoms with Gasteiger partial charge in [0.15, 0.2) is 11.5 Å². The van der Waals surface area contributed by atoms with Gasteiger partial charge in [0.25, 0.3) is 0 Å². The molecular formula is C24H28ClNO4. The molecule has 4 rings (SSSR count). The number of ether oxygens (including phenoxy) is 3. The van der Waals surface area contributed by atoms with Gasteiger partial charge in [0.2, 0.25) is 5.91 Å². The molecule has 0 N–H and O–H groups in total. The van der Waals surface area contributed by atoms with Crippen molar-refractivity contribution in [3.63, 3.8) is 0 Å². The predicted molar refractivity (Wildman–Crippen MR) is 117 cm³/mol. The lowest BCUT2D eigenvalue weighted by molar-refractivity contribution is -0.131. The topological polar surface area (TPSA) is 48.0 Å². The van der Waals surface area contributed by atoms with Crippen LogP contribution in [0.3, 0.4) is 0 Å². The van der Waals surface area contributed by atoms with Gasteiger partial charge in [-0.1, -0.05) is 30.7 Å². The van der Waals surface area contributed by atoms with Crippen LogP contribution in [0.25, 0.3) is 11.1 Å². The van der Waals surface area contributed by atoms with Crippen LogP contribution in [0.4, 0.5) is 0 Å². The third kappa shape index (κ3) is 4.90. The highest BCUT2D eigenvalue weighted by molar-refractivity contribution is 6.30. The van der Waals surface area contributed by atoms with Crippen LogP contribution >= 0.6 is 11.6 Å². The second-order valence-electron chi connectivity index (χ2n) is 7.79. The second kappa shape index (κ2) is 9.71. The lowest BCUT2D eigenvalue weighted by atomic mass is 10.0. The number of benzene rings is 2. The predicted octanol–water partition coefficient (Wildman–Crippen LogP) is 5.09. The van der Waals surface area contributed by atoms with Crippen molar-refractivity contribution in [2.75, 3.05) is 26.4 Å². The van der Waals surface area contributed by atoms with Crippen molar-refractivity contribution in [2.24, 2.45) is 0 Å². The summed E-state index contributed by atoms with van der Waals surface area (Å²) in [7, 11) is 0. The Balaban J connectivity index is 1.68. The summed E-state index contributed by atoms with van der Waals surface area (Å²) in [6, 6.07) is 11.8. The average molecular weight is 430 g/mol. The van der Waals surface area contributed by atoms with E-state index in [1.807, 2.05) is 42.2 Å². The highest BCUT2D eigenvalue weighted by Gasteiger charge is 2.24. The number of fused-ring (bicyclic) bond motifs is 1. The van der Waals surface area contributed by atoms with Gasteiger partial charge < -0.3 is 19.1 Å². The van der Waals surface area contributed by atoms with E-state index < -0.39 is 0 Å². The quantitative estimate of drug-likeness (QED) is 0.664. The summed E-state index contributed by atoms with van der Waals surface area (Å²) in [6.45, 7) is 4.69. The van der Waals surface area contributed by atoms with Gasteiger partial charge in [-0.05, 0) is 54.7 Å². The van der Waals surface area contributed by atoms with Crippen LogP contribution in [0, 0.1) is 0 Å². The minimum atomic E-state index is 0.105. The highest BCUT2D eigenvalue weighted by atomic mass is 35.5. The molecule has 2 aromatic rings. The zero-order valence-electron chi connectivity index (χ0n) is 17.4. The molecule has 160 valence electrons. The van der Waals surface area contributed by atoms with E-state index in [0.717, 1.165) is 41.9 Å². The van der Waals surface area contributed by atoms with Crippen LogP contribution in [-0.4, -0.2) is 43.3 Å². The number of nitrogens with zero attached hydrogens (tertiary/aromatic N) is 1. The van der Waals surface area contributed by atoms with Crippen LogP contribution in [-0.2, 0) is 16.1 Å². The summed E-state index contributed by atoms with van der Waals surface area (Å²) in [5.74, 6) is 1.54. The van der Waals surface area contributed by atoms with E-state index in [9.17, 15) is 4.79 Å². The van der Waals surface area contributed by atoms with E-state index in [1.54, 1.807) is 0 Å². The molecule has 2 aliphatic heterocycles. The summed E-state index contributed by atoms with van der Waals surface area (Å²) in [5, 5.41) is 0.680. The SMILES string of the molecule is CCC(=O)N1CCOc2c(cc(-c3cccc(Cl)c3)cc2OCC2CCCCO2)C1. The molecule has 0 spiro atoms. The molecule has 0 aromatic heterocycles. The average Bonchev–Trinajstić information content (AvgIpc) is 3.00. The van der Waals surface area contributed by atoms with Gasteiger partial charge in [0.05, 0.1) is 12.6 Å². The van der Waals surface area contributed by atoms with Crippen molar-refractivity contribution in [3.8, 4) is 22.6 Å². The Bertz CT molecular complexity index is 895. The number of hydrogen-bond donors (Lipinski definition) is 0. The monoisotopic (exact) mass is 429 g/mol. The molecule has 2 aliphatic rings. The third-order valence-corrected chi connectivity index (χ3v) is 5.85. The number of rotatable bonds is 5. The van der Waals surface area contributed by atoms with Crippen molar-refractivity contribution in [2.45, 2.75) is 45.3 Å². The third-order valence-electron chi connectivity index (χ3n) is 5.61. The van der Waals surface area contributed by atoms with Crippen molar-refractivity contribution in [3.05, 3.63) is 47.0 Å². The van der Waals surface area contributed by atoms with Crippen LogP contribution in [0.15, 0.2) is 36.4 Å². The van der Waals surface area contributed by atoms with E-state index in [2.05, 4.69) is 6.07 Å². The van der Waals surface area contributed by atoms with Crippen molar-refractivity contribution >= 4 is 17.5 Å². The number of carbonyl (C=O) groups is 1. The molecule has 6 heteroatoms. The van der Waals surface area contributed by atoms with E-state index in [0.29, 0.717) is 43.5 Å². The molecule has 2 heterocycles. The molecule has 1 amide bonds. The molecule has 1 saturated heterocycles. The summed E-state index contributed by atoms with van der Waals surface area (Å²) >= 11 is 6.22. The standard InChI is InChI=1S/C24H28ClNO4/c1-2-23(27)26-9-11-29-24-19(15-26)12-18(17-6-5-7-20(25)13-17)14-22(24)30-16-21-8-3-4-10-28-21/h5-7,12-14,21H,2-4,8-11,15-16H2,1H3. The molecule has 5 nitrogen and oxygen atoms in total. The molecular weight excluding hydrogens is 402 g/mol. The van der Waals surface area contributed by atoms with Gasteiger partial charge in [-0.2, -0.15) is 0 Å². The number of carbonyl (C=O) groups excluding carboxylic acids is 1. The minimum Gasteiger partial charge on any atom is -0.487 e. The van der Waals surface area contributed by atoms with E-state index in [1.165, 1.54) is 6.42 Å². The zero-order chi connectivity index (χ0) is 20.9. The maximum atomic E-state index is 12.4. The lowest BCUT2D eigenvalue weighted by Gasteiger charge is -2.24. The molecule has 30 heavy (non-hydrogen) atoms. The Morgan fingerprint density at radius 2 is 2.10 bits per heavy atom. The van der Waals surface area contributed by atoms with E-state index in [-0.39, 0.29) is 12.0 Å². The first-order valence-electron chi connectivity index (χ1n) is 10.7. The first-order chi connectivity index (χ1) is 14.6. The van der Waals surface area contributed by atoms with Crippen LogP contribution < -0.4 is 9.47 Å². The fourth-order valence-corrected chi connectivity index (χ4v) is 4.17. The summed E-state index contributed by atoms with van der Waals surface area (Å²) < 4.78 is 18.1. The van der Waals surface area contributed by atoms with Crippen molar-refractivity contribution in [1.29, 1.82) is 0 Å². The molecule has 1 unspecified atom stereocenters. The van der Waals surface area contributed by atoms with Crippen LogP contribution in [0.5, 0.6) is 11.5 Å². The molecule has 0 radical (unpaired) electrons. The van der Waals surface area contributed by atoms with Gasteiger partial charge >= 0.3 is 0 Å². The van der Waals surface area contributed by atoms with Crippen LogP contribution in [0.2, 0.25) is 5.02 Å². The number of amides is 1. The fraction of sp³-hybridized carbons (Fsp3) is 0.458. The molecule has 2 aromatic carbocycles. The molecule has 1 atom stereocenters. The first kappa shape index (κ1) is 21.0. The van der Waals surface area contributed by atoms with Gasteiger partial charge in [-0.3, -0.25) is 4.79 Å². The van der Waals surface area contributed by atoms with E-state index in [4.69, 9.17) is 25.8 Å². The van der Waals surface area contributed by atoms with Gasteiger partial charge in [-0.15, -0.1) is 0 Å². The number of halogens is 1. The maximum Gasteiger partial charge on any atom is 0.222 e. The molecule has 0 aliphatic carbocycles. The first-order valence-corrected chi connectivity index (χ1v) is 11.1. The Morgan fingerprint density at radius 3 is 2.87 bits per heavy atom. The summed E-state index contributed by atoms with van der Waals surface area (Å²) in [5.41, 5.74) is 2.94. The number of hydrogen-bond acceptors (Lipinski definition) is 4. The maximum absolute atomic E-state index is 12.4. The van der Waals surface area contributed by atoms with Gasteiger partial charge in [0, 0.05) is 30.2 Å². The fourth-order valence-electron chi connectivity index (χ4n) is 3.98. The Labute approximate surface area is 182 Å². The van der Waals surface area contributed by atoms with E-state index >= 15 is 0 Å². The summed E-state index contributed by atoms with van der Waals surface area (Å²) in [6.07, 6.45) is 3.87. The highest BCUT2D eigenvalue weighted by Crippen LogP contribution is 2.39. The second-order valence-corrected chi connectivity index (χ2v) is 8.23. The largest absolute Gasteiger partial charge is 0.487 e. The van der Waals surface area contributed by atoms with Gasteiger partial charge in [-0.25, -0.2) is 0 Å². The molecule has 0 saturated carbocycles. The zero-order valence-corrected chi connectivity index (χ0v) is 18.1. The Morgan fingerprint density at radius 1 is 1.20 bits per heavy atom. The summed E-state index contributed by atoms with van der Waals surface area (Å²) in [4.78, 5) is 14.2. The Kier molecular flexibility index (Phi) is 6.80. The minimum absolute atomic E-state index is 0.105. The Hall–Kier alpha value is -2.24. The molecule has 1 fully saturated rings. The van der Waals surface area contributed by atoms with Gasteiger partial charge in [0.1, 0.15) is 13.2 Å².